The van der Waals surface area contributed by atoms with Crippen molar-refractivity contribution in [1.82, 2.24) is 4.57 Å². The second-order valence-electron chi connectivity index (χ2n) is 2.70. The minimum atomic E-state index is 0.728. The molecule has 9 heavy (non-hydrogen) atoms. The van der Waals surface area contributed by atoms with Gasteiger partial charge in [-0.1, -0.05) is 13.8 Å². The van der Waals surface area contributed by atoms with Crippen molar-refractivity contribution in [1.29, 1.82) is 0 Å². The van der Waals surface area contributed by atoms with E-state index in [9.17, 15) is 0 Å². The zero-order valence-electron chi connectivity index (χ0n) is 5.96. The van der Waals surface area contributed by atoms with Gasteiger partial charge in [0.25, 0.3) is 0 Å². The van der Waals surface area contributed by atoms with Crippen LogP contribution in [0.15, 0.2) is 18.5 Å². The molecule has 1 radical (unpaired) electrons. The number of hydrogen-bond donors (Lipinski definition) is 0. The van der Waals surface area contributed by atoms with Gasteiger partial charge in [-0.2, -0.15) is 0 Å². The molecule has 0 fully saturated rings. The second kappa shape index (κ2) is 2.72. The molecule has 49 valence electrons. The monoisotopic (exact) mass is 122 g/mol. The van der Waals surface area contributed by atoms with E-state index in [0.29, 0.717) is 0 Å². The van der Waals surface area contributed by atoms with Gasteiger partial charge in [0, 0.05) is 25.0 Å². The first-order chi connectivity index (χ1) is 4.29. The highest BCUT2D eigenvalue weighted by Crippen LogP contribution is 1.97. The molecular formula is C8H12N. The van der Waals surface area contributed by atoms with E-state index in [4.69, 9.17) is 0 Å². The molecule has 0 aliphatic heterocycles. The Labute approximate surface area is 56.3 Å². The topological polar surface area (TPSA) is 4.93 Å². The van der Waals surface area contributed by atoms with Crippen LogP contribution >= 0.6 is 0 Å². The maximum absolute atomic E-state index is 3.00. The molecule has 1 aromatic rings. The molecule has 0 spiro atoms. The maximum atomic E-state index is 3.00. The van der Waals surface area contributed by atoms with E-state index in [-0.39, 0.29) is 0 Å². The van der Waals surface area contributed by atoms with Crippen LogP contribution in [0.4, 0.5) is 0 Å². The van der Waals surface area contributed by atoms with Gasteiger partial charge in [-0.05, 0) is 12.0 Å². The van der Waals surface area contributed by atoms with Gasteiger partial charge in [-0.15, -0.1) is 0 Å². The number of hydrogen-bond acceptors (Lipinski definition) is 0. The fraction of sp³-hybridized carbons (Fsp3) is 0.500. The van der Waals surface area contributed by atoms with Crippen LogP contribution in [-0.2, 0) is 6.54 Å². The lowest BCUT2D eigenvalue weighted by atomic mass is 10.2. The minimum Gasteiger partial charge on any atom is -0.353 e. The highest BCUT2D eigenvalue weighted by molar-refractivity contribution is 4.87. The Bertz CT molecular complexity index is 151. The molecule has 0 atom stereocenters. The second-order valence-corrected chi connectivity index (χ2v) is 2.70. The summed E-state index contributed by atoms with van der Waals surface area (Å²) in [5.74, 6) is 0.728. The van der Waals surface area contributed by atoms with Gasteiger partial charge >= 0.3 is 0 Å². The van der Waals surface area contributed by atoms with E-state index in [1.807, 2.05) is 18.5 Å². The van der Waals surface area contributed by atoms with E-state index in [1.54, 1.807) is 0 Å². The molecule has 0 aliphatic rings. The van der Waals surface area contributed by atoms with Crippen LogP contribution in [0.2, 0.25) is 0 Å². The molecule has 1 heteroatoms. The SMILES string of the molecule is CC(C)Cn1c[c]cc1. The van der Waals surface area contributed by atoms with E-state index >= 15 is 0 Å². The molecule has 0 aromatic carbocycles. The summed E-state index contributed by atoms with van der Waals surface area (Å²) < 4.78 is 2.14. The van der Waals surface area contributed by atoms with Crippen molar-refractivity contribution in [2.24, 2.45) is 5.92 Å². The summed E-state index contributed by atoms with van der Waals surface area (Å²) >= 11 is 0. The molecule has 0 N–H and O–H groups in total. The molecule has 1 rings (SSSR count). The van der Waals surface area contributed by atoms with Crippen molar-refractivity contribution in [3.63, 3.8) is 0 Å². The van der Waals surface area contributed by atoms with Crippen molar-refractivity contribution >= 4 is 0 Å². The van der Waals surface area contributed by atoms with Crippen molar-refractivity contribution in [3.8, 4) is 0 Å². The van der Waals surface area contributed by atoms with Crippen LogP contribution < -0.4 is 0 Å². The average Bonchev–Trinajstić information content (AvgIpc) is 2.15. The third-order valence-electron chi connectivity index (χ3n) is 1.18. The molecule has 0 saturated carbocycles. The predicted octanol–water partition coefficient (Wildman–Crippen LogP) is 1.94. The van der Waals surface area contributed by atoms with E-state index in [2.05, 4.69) is 24.5 Å². The standard InChI is InChI=1S/C8H12N/c1-8(2)7-9-5-3-4-6-9/h3,5-6,8H,7H2,1-2H3. The minimum absolute atomic E-state index is 0.728. The Balaban J connectivity index is 2.48. The Morgan fingerprint density at radius 1 is 1.56 bits per heavy atom. The lowest BCUT2D eigenvalue weighted by Gasteiger charge is -2.04. The molecule has 0 aliphatic carbocycles. The first-order valence-corrected chi connectivity index (χ1v) is 3.31. The number of rotatable bonds is 2. The van der Waals surface area contributed by atoms with Crippen LogP contribution in [0, 0.1) is 12.0 Å². The fourth-order valence-electron chi connectivity index (χ4n) is 0.856. The molecule has 1 aromatic heterocycles. The van der Waals surface area contributed by atoms with Gasteiger partial charge in [0.15, 0.2) is 0 Å². The van der Waals surface area contributed by atoms with Gasteiger partial charge in [-0.3, -0.25) is 0 Å². The molecule has 0 amide bonds. The van der Waals surface area contributed by atoms with Crippen LogP contribution in [0.25, 0.3) is 0 Å². The summed E-state index contributed by atoms with van der Waals surface area (Å²) in [5.41, 5.74) is 0. The molecule has 1 heterocycles. The first-order valence-electron chi connectivity index (χ1n) is 3.31. The fourth-order valence-corrected chi connectivity index (χ4v) is 0.856. The summed E-state index contributed by atoms with van der Waals surface area (Å²) in [6.45, 7) is 5.52. The third-order valence-corrected chi connectivity index (χ3v) is 1.18. The molecule has 0 bridgehead atoms. The maximum Gasteiger partial charge on any atom is 0.0242 e. The van der Waals surface area contributed by atoms with Gasteiger partial charge < -0.3 is 4.57 Å². The Kier molecular flexibility index (Phi) is 1.93. The molecular weight excluding hydrogens is 110 g/mol. The van der Waals surface area contributed by atoms with E-state index in [1.165, 1.54) is 0 Å². The van der Waals surface area contributed by atoms with Gasteiger partial charge in [0.2, 0.25) is 0 Å². The van der Waals surface area contributed by atoms with Crippen LogP contribution in [0.5, 0.6) is 0 Å². The van der Waals surface area contributed by atoms with Crippen molar-refractivity contribution in [2.45, 2.75) is 20.4 Å². The summed E-state index contributed by atoms with van der Waals surface area (Å²) in [6.07, 6.45) is 4.01. The number of aromatic nitrogens is 1. The smallest absolute Gasteiger partial charge is 0.0242 e. The van der Waals surface area contributed by atoms with Gasteiger partial charge in [0.05, 0.1) is 0 Å². The first kappa shape index (κ1) is 6.40. The quantitative estimate of drug-likeness (QED) is 0.565. The normalized spacial score (nSPS) is 10.6. The van der Waals surface area contributed by atoms with Crippen molar-refractivity contribution < 1.29 is 0 Å². The summed E-state index contributed by atoms with van der Waals surface area (Å²) in [6, 6.07) is 4.93. The van der Waals surface area contributed by atoms with Gasteiger partial charge in [-0.25, -0.2) is 0 Å². The lowest BCUT2D eigenvalue weighted by molar-refractivity contribution is 0.525. The summed E-state index contributed by atoms with van der Waals surface area (Å²) in [7, 11) is 0. The largest absolute Gasteiger partial charge is 0.353 e. The Hall–Kier alpha value is -0.720. The zero-order valence-corrected chi connectivity index (χ0v) is 5.96. The van der Waals surface area contributed by atoms with Crippen LogP contribution in [-0.4, -0.2) is 4.57 Å². The Morgan fingerprint density at radius 2 is 2.33 bits per heavy atom. The van der Waals surface area contributed by atoms with Crippen LogP contribution in [0.1, 0.15) is 13.8 Å². The average molecular weight is 122 g/mol. The highest BCUT2D eigenvalue weighted by Gasteiger charge is 1.92. The summed E-state index contributed by atoms with van der Waals surface area (Å²) in [5, 5.41) is 0. The van der Waals surface area contributed by atoms with Crippen LogP contribution in [0.3, 0.4) is 0 Å². The lowest BCUT2D eigenvalue weighted by Crippen LogP contribution is -2.00. The summed E-state index contributed by atoms with van der Waals surface area (Å²) in [4.78, 5) is 0. The number of nitrogens with zero attached hydrogens (tertiary/aromatic N) is 1. The third kappa shape index (κ3) is 1.92. The van der Waals surface area contributed by atoms with E-state index in [0.717, 1.165) is 12.5 Å². The molecule has 0 unspecified atom stereocenters. The Morgan fingerprint density at radius 3 is 2.78 bits per heavy atom. The molecule has 0 saturated heterocycles. The van der Waals surface area contributed by atoms with E-state index < -0.39 is 0 Å². The predicted molar refractivity (Wildman–Crippen MR) is 38.1 cm³/mol. The molecule has 1 nitrogen and oxygen atoms in total. The zero-order chi connectivity index (χ0) is 6.69. The van der Waals surface area contributed by atoms with Crippen molar-refractivity contribution in [2.75, 3.05) is 0 Å². The van der Waals surface area contributed by atoms with Crippen molar-refractivity contribution in [3.05, 3.63) is 24.5 Å². The van der Waals surface area contributed by atoms with Gasteiger partial charge in [0.1, 0.15) is 0 Å². The highest BCUT2D eigenvalue weighted by atomic mass is 14.9.